The Morgan fingerprint density at radius 3 is 2.24 bits per heavy atom. The van der Waals surface area contributed by atoms with Crippen molar-refractivity contribution < 1.29 is 23.1 Å². The standard InChI is InChI=1S/C15H12F3NO2/c16-10-3-1-9(2-4-10)8-19-14(15(20)21)12-6-5-11(17)7-13(12)18/h1-7,14,19H,8H2,(H,20,21). The van der Waals surface area contributed by atoms with Gasteiger partial charge in [-0.1, -0.05) is 18.2 Å². The maximum absolute atomic E-state index is 13.6. The van der Waals surface area contributed by atoms with Crippen molar-refractivity contribution in [2.24, 2.45) is 0 Å². The van der Waals surface area contributed by atoms with Gasteiger partial charge in [0.25, 0.3) is 0 Å². The van der Waals surface area contributed by atoms with Crippen LogP contribution in [-0.4, -0.2) is 11.1 Å². The molecule has 21 heavy (non-hydrogen) atoms. The lowest BCUT2D eigenvalue weighted by Crippen LogP contribution is -2.29. The fourth-order valence-corrected chi connectivity index (χ4v) is 1.89. The zero-order valence-corrected chi connectivity index (χ0v) is 10.8. The molecule has 0 fully saturated rings. The Morgan fingerprint density at radius 1 is 1.05 bits per heavy atom. The average Bonchev–Trinajstić information content (AvgIpc) is 2.42. The Morgan fingerprint density at radius 2 is 1.67 bits per heavy atom. The molecule has 0 radical (unpaired) electrons. The van der Waals surface area contributed by atoms with Crippen LogP contribution in [-0.2, 0) is 11.3 Å². The van der Waals surface area contributed by atoms with Crippen molar-refractivity contribution in [2.75, 3.05) is 0 Å². The van der Waals surface area contributed by atoms with Crippen molar-refractivity contribution in [3.05, 3.63) is 71.0 Å². The first-order valence-corrected chi connectivity index (χ1v) is 6.13. The first-order chi connectivity index (χ1) is 9.97. The Bertz CT molecular complexity index is 644. The molecule has 0 bridgehead atoms. The number of benzene rings is 2. The Hall–Kier alpha value is -2.34. The van der Waals surface area contributed by atoms with E-state index < -0.39 is 29.5 Å². The summed E-state index contributed by atoms with van der Waals surface area (Å²) < 4.78 is 39.3. The predicted octanol–water partition coefficient (Wildman–Crippen LogP) is 3.02. The van der Waals surface area contributed by atoms with Crippen LogP contribution >= 0.6 is 0 Å². The fraction of sp³-hybridized carbons (Fsp3) is 0.133. The quantitative estimate of drug-likeness (QED) is 0.891. The van der Waals surface area contributed by atoms with Crippen LogP contribution in [0.5, 0.6) is 0 Å². The molecule has 1 unspecified atom stereocenters. The molecule has 2 aromatic rings. The number of carboxylic acid groups (broad SMARTS) is 1. The summed E-state index contributed by atoms with van der Waals surface area (Å²) in [6.45, 7) is 0.105. The Balaban J connectivity index is 2.16. The van der Waals surface area contributed by atoms with Crippen molar-refractivity contribution in [1.82, 2.24) is 5.32 Å². The smallest absolute Gasteiger partial charge is 0.325 e. The van der Waals surface area contributed by atoms with Gasteiger partial charge in [0.05, 0.1) is 0 Å². The summed E-state index contributed by atoms with van der Waals surface area (Å²) in [5.74, 6) is -3.41. The van der Waals surface area contributed by atoms with Crippen molar-refractivity contribution >= 4 is 5.97 Å². The third-order valence-electron chi connectivity index (χ3n) is 2.94. The van der Waals surface area contributed by atoms with E-state index in [1.165, 1.54) is 24.3 Å². The van der Waals surface area contributed by atoms with Gasteiger partial charge < -0.3 is 5.11 Å². The molecule has 0 amide bonds. The Labute approximate surface area is 119 Å². The average molecular weight is 295 g/mol. The van der Waals surface area contributed by atoms with E-state index in [0.29, 0.717) is 11.6 Å². The van der Waals surface area contributed by atoms with Gasteiger partial charge in [-0.05, 0) is 23.8 Å². The lowest BCUT2D eigenvalue weighted by molar-refractivity contribution is -0.139. The van der Waals surface area contributed by atoms with Gasteiger partial charge in [-0.15, -0.1) is 0 Å². The highest BCUT2D eigenvalue weighted by Gasteiger charge is 2.22. The molecule has 6 heteroatoms. The highest BCUT2D eigenvalue weighted by Crippen LogP contribution is 2.19. The molecule has 3 nitrogen and oxygen atoms in total. The number of carbonyl (C=O) groups is 1. The highest BCUT2D eigenvalue weighted by molar-refractivity contribution is 5.75. The van der Waals surface area contributed by atoms with Crippen LogP contribution in [0.1, 0.15) is 17.2 Å². The van der Waals surface area contributed by atoms with E-state index in [9.17, 15) is 18.0 Å². The van der Waals surface area contributed by atoms with Crippen LogP contribution in [0.2, 0.25) is 0 Å². The first kappa shape index (κ1) is 15.1. The van der Waals surface area contributed by atoms with Gasteiger partial charge in [0.15, 0.2) is 0 Å². The van der Waals surface area contributed by atoms with Crippen molar-refractivity contribution in [2.45, 2.75) is 12.6 Å². The number of nitrogens with one attached hydrogen (secondary N) is 1. The molecule has 0 aliphatic rings. The monoisotopic (exact) mass is 295 g/mol. The molecule has 0 heterocycles. The number of hydrogen-bond donors (Lipinski definition) is 2. The van der Waals surface area contributed by atoms with E-state index in [0.717, 1.165) is 12.1 Å². The second-order valence-corrected chi connectivity index (χ2v) is 4.44. The lowest BCUT2D eigenvalue weighted by Gasteiger charge is -2.15. The van der Waals surface area contributed by atoms with Crippen molar-refractivity contribution in [3.8, 4) is 0 Å². The van der Waals surface area contributed by atoms with Crippen LogP contribution in [0, 0.1) is 17.5 Å². The van der Waals surface area contributed by atoms with Gasteiger partial charge in [0.1, 0.15) is 23.5 Å². The van der Waals surface area contributed by atoms with E-state index in [4.69, 9.17) is 5.11 Å². The molecule has 1 atom stereocenters. The van der Waals surface area contributed by atoms with E-state index >= 15 is 0 Å². The molecule has 2 rings (SSSR count). The second-order valence-electron chi connectivity index (χ2n) is 4.44. The summed E-state index contributed by atoms with van der Waals surface area (Å²) in [6.07, 6.45) is 0. The maximum atomic E-state index is 13.6. The molecule has 0 aliphatic carbocycles. The first-order valence-electron chi connectivity index (χ1n) is 6.13. The molecule has 2 N–H and O–H groups in total. The third-order valence-corrected chi connectivity index (χ3v) is 2.94. The number of halogens is 3. The molecular weight excluding hydrogens is 283 g/mol. The second kappa shape index (κ2) is 6.41. The lowest BCUT2D eigenvalue weighted by atomic mass is 10.1. The van der Waals surface area contributed by atoms with Crippen LogP contribution < -0.4 is 5.32 Å². The van der Waals surface area contributed by atoms with E-state index in [-0.39, 0.29) is 12.1 Å². The summed E-state index contributed by atoms with van der Waals surface area (Å²) in [7, 11) is 0. The summed E-state index contributed by atoms with van der Waals surface area (Å²) in [6, 6.07) is 6.84. The number of rotatable bonds is 5. The molecule has 0 aromatic heterocycles. The third kappa shape index (κ3) is 3.82. The molecule has 2 aromatic carbocycles. The van der Waals surface area contributed by atoms with Gasteiger partial charge in [0.2, 0.25) is 0 Å². The number of carboxylic acids is 1. The van der Waals surface area contributed by atoms with Crippen LogP contribution in [0.3, 0.4) is 0 Å². The van der Waals surface area contributed by atoms with Crippen LogP contribution in [0.4, 0.5) is 13.2 Å². The summed E-state index contributed by atoms with van der Waals surface area (Å²) in [4.78, 5) is 11.2. The maximum Gasteiger partial charge on any atom is 0.325 e. The Kier molecular flexibility index (Phi) is 4.59. The van der Waals surface area contributed by atoms with Crippen LogP contribution in [0.15, 0.2) is 42.5 Å². The normalized spacial score (nSPS) is 12.1. The minimum atomic E-state index is -1.32. The highest BCUT2D eigenvalue weighted by atomic mass is 19.1. The van der Waals surface area contributed by atoms with Crippen molar-refractivity contribution in [3.63, 3.8) is 0 Å². The summed E-state index contributed by atoms with van der Waals surface area (Å²) in [5, 5.41) is 11.8. The van der Waals surface area contributed by atoms with Crippen LogP contribution in [0.25, 0.3) is 0 Å². The minimum absolute atomic E-state index is 0.105. The molecular formula is C15H12F3NO2. The van der Waals surface area contributed by atoms with Gasteiger partial charge in [-0.2, -0.15) is 0 Å². The molecule has 0 aliphatic heterocycles. The zero-order valence-electron chi connectivity index (χ0n) is 10.8. The summed E-state index contributed by atoms with van der Waals surface area (Å²) >= 11 is 0. The molecule has 0 spiro atoms. The largest absolute Gasteiger partial charge is 0.480 e. The minimum Gasteiger partial charge on any atom is -0.480 e. The SMILES string of the molecule is O=C(O)C(NCc1ccc(F)cc1)c1ccc(F)cc1F. The van der Waals surface area contributed by atoms with Crippen molar-refractivity contribution in [1.29, 1.82) is 0 Å². The molecule has 0 saturated carbocycles. The molecule has 0 saturated heterocycles. The topological polar surface area (TPSA) is 49.3 Å². The number of hydrogen-bond acceptors (Lipinski definition) is 2. The van der Waals surface area contributed by atoms with Gasteiger partial charge in [-0.3, -0.25) is 10.1 Å². The number of aliphatic carboxylic acids is 1. The summed E-state index contributed by atoms with van der Waals surface area (Å²) in [5.41, 5.74) is 0.483. The van der Waals surface area contributed by atoms with Gasteiger partial charge in [-0.25, -0.2) is 13.2 Å². The van der Waals surface area contributed by atoms with E-state index in [1.54, 1.807) is 0 Å². The van der Waals surface area contributed by atoms with E-state index in [1.807, 2.05) is 0 Å². The van der Waals surface area contributed by atoms with Gasteiger partial charge in [0, 0.05) is 18.2 Å². The molecule has 110 valence electrons. The predicted molar refractivity (Wildman–Crippen MR) is 70.0 cm³/mol. The van der Waals surface area contributed by atoms with E-state index in [2.05, 4.69) is 5.32 Å². The fourth-order valence-electron chi connectivity index (χ4n) is 1.89. The van der Waals surface area contributed by atoms with Gasteiger partial charge >= 0.3 is 5.97 Å². The zero-order chi connectivity index (χ0) is 15.4.